The number of aliphatic carboxylic acids is 1. The third-order valence-electron chi connectivity index (χ3n) is 10.9. The Morgan fingerprint density at radius 1 is 0.967 bits per heavy atom. The Labute approximate surface area is 369 Å². The first-order chi connectivity index (χ1) is 29.3. The van der Waals surface area contributed by atoms with Crippen molar-refractivity contribution in [3.05, 3.63) is 146 Å². The Balaban J connectivity index is 0.993. The molecule has 4 aromatic carbocycles. The van der Waals surface area contributed by atoms with Crippen LogP contribution < -0.4 is 25.3 Å². The molecule has 12 nitrogen and oxygen atoms in total. The van der Waals surface area contributed by atoms with Gasteiger partial charge in [0, 0.05) is 24.9 Å². The number of hydrogen-bond donors (Lipinski definition) is 3. The number of benzene rings is 4. The summed E-state index contributed by atoms with van der Waals surface area (Å²) in [5.74, 6) is -0.0672. The quantitative estimate of drug-likeness (QED) is 0.109. The number of carbonyl (C=O) groups excluding carboxylic acids is 1. The van der Waals surface area contributed by atoms with Crippen LogP contribution in [0.15, 0.2) is 95.3 Å². The average molecular weight is 899 g/mol. The van der Waals surface area contributed by atoms with E-state index in [1.54, 1.807) is 29.6 Å². The number of carboxylic acids is 1. The number of fused-ring (bicyclic) bond motifs is 2. The Bertz CT molecular complexity index is 2660. The lowest BCUT2D eigenvalue weighted by Gasteiger charge is -2.36. The van der Waals surface area contributed by atoms with Crippen molar-refractivity contribution in [3.63, 3.8) is 0 Å². The second kappa shape index (κ2) is 17.8. The third kappa shape index (κ3) is 9.24. The van der Waals surface area contributed by atoms with Gasteiger partial charge in [0.25, 0.3) is 0 Å². The lowest BCUT2D eigenvalue weighted by molar-refractivity contribution is -0.142. The molecule has 314 valence electrons. The molecule has 4 heterocycles. The van der Waals surface area contributed by atoms with Crippen LogP contribution >= 0.6 is 34.5 Å². The predicted octanol–water partition coefficient (Wildman–Crippen LogP) is 8.37. The van der Waals surface area contributed by atoms with Gasteiger partial charge in [-0.15, -0.1) is 0 Å². The first-order valence-electron chi connectivity index (χ1n) is 19.4. The number of anilines is 1. The molecule has 2 aromatic heterocycles. The number of aryl methyl sites for hydroxylation is 2. The van der Waals surface area contributed by atoms with Crippen LogP contribution in [0.4, 0.5) is 5.13 Å². The summed E-state index contributed by atoms with van der Waals surface area (Å²) in [7, 11) is -1.86. The molecule has 0 fully saturated rings. The minimum absolute atomic E-state index is 0.0426. The van der Waals surface area contributed by atoms with Crippen molar-refractivity contribution in [1.29, 1.82) is 0 Å². The summed E-state index contributed by atoms with van der Waals surface area (Å²) < 4.78 is 35.0. The first kappa shape index (κ1) is 42.2. The van der Waals surface area contributed by atoms with Crippen molar-refractivity contribution in [3.8, 4) is 28.4 Å². The minimum atomic E-state index is -1.86. The molecule has 2 aliphatic heterocycles. The van der Waals surface area contributed by atoms with Gasteiger partial charge in [-0.3, -0.25) is 9.78 Å². The number of nitrogens with two attached hydrogens (primary N) is 1. The summed E-state index contributed by atoms with van der Waals surface area (Å²) in [6.45, 7) is 6.33. The fourth-order valence-electron chi connectivity index (χ4n) is 7.41. The van der Waals surface area contributed by atoms with Gasteiger partial charge >= 0.3 is 5.97 Å². The Morgan fingerprint density at radius 3 is 2.41 bits per heavy atom. The highest BCUT2D eigenvalue weighted by molar-refractivity contribution is 7.85. The number of aromatic nitrogens is 2. The number of hydrogen-bond acceptors (Lipinski definition) is 10. The van der Waals surface area contributed by atoms with E-state index in [9.17, 15) is 18.9 Å². The lowest BCUT2D eigenvalue weighted by Crippen LogP contribution is -2.54. The van der Waals surface area contributed by atoms with E-state index in [0.29, 0.717) is 43.8 Å². The fraction of sp³-hybridized carbons (Fsp3) is 0.244. The zero-order chi connectivity index (χ0) is 42.9. The standard InChI is InChI=1S/C45H41Cl2N5O7S2/c1-24-25(2)49-15-14-34(24)29-7-4-27(5-8-29)17-37(43(54)55)51-42(53)38-18-31-19-39-40(20-32(31)21-52(38)61(56)44-26(3)50-45(48)60-44)59-41(23-58-39)30-9-11-33(12-10-30)57-22-28-6-13-35(46)36(47)16-28/h4-16,19-20,37-38,41H,17-18,21-23H2,1-3H3,(H2,48,50)(H,51,53)(H,54,55)/t37-,38-,41+,61?/m0/s1. The average Bonchev–Trinajstić information content (AvgIpc) is 3.60. The van der Waals surface area contributed by atoms with E-state index >= 15 is 0 Å². The number of nitrogens with zero attached hydrogens (tertiary/aromatic N) is 3. The number of carbonyl (C=O) groups is 2. The molecule has 0 saturated heterocycles. The largest absolute Gasteiger partial charge is 0.489 e. The first-order valence-corrected chi connectivity index (χ1v) is 22.1. The number of amides is 1. The Morgan fingerprint density at radius 2 is 1.70 bits per heavy atom. The summed E-state index contributed by atoms with van der Waals surface area (Å²) in [5, 5.41) is 14.3. The van der Waals surface area contributed by atoms with Crippen molar-refractivity contribution >= 4 is 62.5 Å². The van der Waals surface area contributed by atoms with Crippen molar-refractivity contribution in [1.82, 2.24) is 19.6 Å². The van der Waals surface area contributed by atoms with Crippen LogP contribution in [0.5, 0.6) is 17.2 Å². The zero-order valence-electron chi connectivity index (χ0n) is 33.3. The maximum absolute atomic E-state index is 14.3. The van der Waals surface area contributed by atoms with Gasteiger partial charge in [-0.05, 0) is 114 Å². The molecule has 4 N–H and O–H groups in total. The van der Waals surface area contributed by atoms with Crippen LogP contribution in [0.1, 0.15) is 50.9 Å². The van der Waals surface area contributed by atoms with E-state index in [2.05, 4.69) is 15.3 Å². The maximum Gasteiger partial charge on any atom is 0.326 e. The maximum atomic E-state index is 14.3. The molecule has 6 aromatic rings. The van der Waals surface area contributed by atoms with Gasteiger partial charge in [0.15, 0.2) is 22.7 Å². The van der Waals surface area contributed by atoms with Crippen LogP contribution in [-0.2, 0) is 46.6 Å². The zero-order valence-corrected chi connectivity index (χ0v) is 36.5. The van der Waals surface area contributed by atoms with E-state index < -0.39 is 41.0 Å². The molecule has 1 amide bonds. The molecule has 0 spiro atoms. The number of rotatable bonds is 12. The smallest absolute Gasteiger partial charge is 0.326 e. The molecule has 1 unspecified atom stereocenters. The molecule has 0 aliphatic carbocycles. The van der Waals surface area contributed by atoms with Crippen molar-refractivity contribution in [2.45, 2.75) is 69.2 Å². The van der Waals surface area contributed by atoms with Crippen LogP contribution in [0.2, 0.25) is 10.0 Å². The van der Waals surface area contributed by atoms with Crippen LogP contribution in [-0.4, -0.2) is 54.2 Å². The number of halogens is 2. The van der Waals surface area contributed by atoms with Gasteiger partial charge < -0.3 is 30.4 Å². The van der Waals surface area contributed by atoms with E-state index in [4.69, 9.17) is 43.1 Å². The van der Waals surface area contributed by atoms with Crippen LogP contribution in [0.25, 0.3) is 11.1 Å². The SMILES string of the molecule is Cc1nc(N)sc1S(=O)N1Cc2cc3c(cc2C[C@H]1C(=O)N[C@@H](Cc1ccc(-c2ccnc(C)c2C)cc1)C(=O)O)OC[C@H](c1ccc(OCc2ccc(Cl)c(Cl)c2)cc1)O3. The minimum Gasteiger partial charge on any atom is -0.489 e. The van der Waals surface area contributed by atoms with Gasteiger partial charge in [-0.1, -0.05) is 77.0 Å². The summed E-state index contributed by atoms with van der Waals surface area (Å²) >= 11 is 13.3. The number of nitrogen functional groups attached to an aromatic ring is 1. The molecule has 2 aliphatic rings. The third-order valence-corrected chi connectivity index (χ3v) is 14.5. The van der Waals surface area contributed by atoms with Crippen molar-refractivity contribution in [2.75, 3.05) is 12.3 Å². The fourth-order valence-corrected chi connectivity index (χ4v) is 10.3. The molecule has 16 heteroatoms. The highest BCUT2D eigenvalue weighted by atomic mass is 35.5. The van der Waals surface area contributed by atoms with Gasteiger partial charge in [-0.2, -0.15) is 0 Å². The van der Waals surface area contributed by atoms with Crippen LogP contribution in [0, 0.1) is 20.8 Å². The predicted molar refractivity (Wildman–Crippen MR) is 236 cm³/mol. The van der Waals surface area contributed by atoms with E-state index in [1.165, 1.54) is 0 Å². The van der Waals surface area contributed by atoms with Crippen LogP contribution in [0.3, 0.4) is 0 Å². The molecule has 4 atom stereocenters. The summed E-state index contributed by atoms with van der Waals surface area (Å²) in [4.78, 5) is 35.5. The topological polar surface area (TPSA) is 166 Å². The van der Waals surface area contributed by atoms with Gasteiger partial charge in [0.05, 0.1) is 15.7 Å². The van der Waals surface area contributed by atoms with Gasteiger partial charge in [-0.25, -0.2) is 18.3 Å². The lowest BCUT2D eigenvalue weighted by atomic mass is 9.93. The Kier molecular flexibility index (Phi) is 12.3. The summed E-state index contributed by atoms with van der Waals surface area (Å²) in [6, 6.07) is 23.9. The second-order valence-electron chi connectivity index (χ2n) is 14.9. The number of ether oxygens (including phenoxy) is 3. The molecule has 8 rings (SSSR count). The van der Waals surface area contributed by atoms with Crippen molar-refractivity contribution in [2.24, 2.45) is 0 Å². The molecular formula is C45H41Cl2N5O7S2. The summed E-state index contributed by atoms with van der Waals surface area (Å²) in [6.07, 6.45) is 1.52. The Hall–Kier alpha value is -5.51. The number of pyridine rings is 1. The monoisotopic (exact) mass is 897 g/mol. The molecular weight excluding hydrogens is 858 g/mol. The molecule has 61 heavy (non-hydrogen) atoms. The van der Waals surface area contributed by atoms with Crippen molar-refractivity contribution < 1.29 is 33.1 Å². The number of thiazole rings is 1. The highest BCUT2D eigenvalue weighted by Gasteiger charge is 2.39. The number of nitrogens with one attached hydrogen (secondary N) is 1. The van der Waals surface area contributed by atoms with E-state index in [1.807, 2.05) is 86.6 Å². The highest BCUT2D eigenvalue weighted by Crippen LogP contribution is 2.42. The van der Waals surface area contributed by atoms with Gasteiger partial charge in [0.1, 0.15) is 46.2 Å². The normalized spacial score (nSPS) is 16.9. The molecule has 0 saturated carbocycles. The molecule has 0 radical (unpaired) electrons. The second-order valence-corrected chi connectivity index (χ2v) is 18.4. The van der Waals surface area contributed by atoms with E-state index in [0.717, 1.165) is 61.5 Å². The summed E-state index contributed by atoms with van der Waals surface area (Å²) in [5.41, 5.74) is 14.6. The van der Waals surface area contributed by atoms with Gasteiger partial charge in [0.2, 0.25) is 5.91 Å². The molecule has 0 bridgehead atoms. The van der Waals surface area contributed by atoms with E-state index in [-0.39, 0.29) is 31.1 Å². The number of carboxylic acid groups (broad SMARTS) is 1.